The van der Waals surface area contributed by atoms with Crippen molar-refractivity contribution < 1.29 is 0 Å². The van der Waals surface area contributed by atoms with Crippen LogP contribution in [0.4, 0.5) is 0 Å². The van der Waals surface area contributed by atoms with Crippen LogP contribution >= 0.6 is 12.6 Å². The maximum atomic E-state index is 4.47. The van der Waals surface area contributed by atoms with Gasteiger partial charge < -0.3 is 0 Å². The van der Waals surface area contributed by atoms with Gasteiger partial charge in [-0.15, -0.1) is 0 Å². The molecule has 0 aliphatic heterocycles. The SMILES string of the molecule is SC1c2ncncc2Cc2n[nH]nc21. The summed E-state index contributed by atoms with van der Waals surface area (Å²) in [6, 6.07) is 0. The molecule has 2 aromatic heterocycles. The van der Waals surface area contributed by atoms with Crippen molar-refractivity contribution >= 4 is 12.6 Å². The number of nitrogens with zero attached hydrogens (tertiary/aromatic N) is 4. The molecule has 5 nitrogen and oxygen atoms in total. The zero-order valence-corrected chi connectivity index (χ0v) is 8.07. The van der Waals surface area contributed by atoms with Gasteiger partial charge in [0.05, 0.1) is 16.6 Å². The first kappa shape index (κ1) is 7.93. The van der Waals surface area contributed by atoms with Crippen molar-refractivity contribution in [3.63, 3.8) is 0 Å². The van der Waals surface area contributed by atoms with E-state index in [0.717, 1.165) is 29.1 Å². The average Bonchev–Trinajstić information content (AvgIpc) is 2.66. The first-order chi connectivity index (χ1) is 6.86. The molecule has 0 bridgehead atoms. The Morgan fingerprint density at radius 3 is 3.21 bits per heavy atom. The molecular formula is C8H7N5S. The van der Waals surface area contributed by atoms with Crippen molar-refractivity contribution in [3.05, 3.63) is 35.2 Å². The Kier molecular flexibility index (Phi) is 1.57. The zero-order valence-electron chi connectivity index (χ0n) is 7.18. The third kappa shape index (κ3) is 0.971. The van der Waals surface area contributed by atoms with Gasteiger partial charge in [-0.3, -0.25) is 0 Å². The highest BCUT2D eigenvalue weighted by molar-refractivity contribution is 7.80. The standard InChI is InChI=1S/C8H7N5S/c14-8-6-4(2-9-3-10-6)1-5-7(8)12-13-11-5/h2-3,8,14H,1H2,(H,11,12,13). The molecule has 70 valence electrons. The van der Waals surface area contributed by atoms with E-state index in [9.17, 15) is 0 Å². The molecule has 1 aliphatic carbocycles. The Labute approximate surface area is 85.4 Å². The minimum absolute atomic E-state index is 0.0875. The molecule has 1 aliphatic rings. The summed E-state index contributed by atoms with van der Waals surface area (Å²) < 4.78 is 0. The third-order valence-electron chi connectivity index (χ3n) is 2.35. The van der Waals surface area contributed by atoms with Gasteiger partial charge in [0.1, 0.15) is 12.0 Å². The summed E-state index contributed by atoms with van der Waals surface area (Å²) >= 11 is 4.47. The molecule has 2 heterocycles. The largest absolute Gasteiger partial charge is 0.245 e. The van der Waals surface area contributed by atoms with Crippen LogP contribution in [0.3, 0.4) is 0 Å². The highest BCUT2D eigenvalue weighted by Crippen LogP contribution is 2.34. The van der Waals surface area contributed by atoms with Crippen LogP contribution in [-0.2, 0) is 6.42 Å². The van der Waals surface area contributed by atoms with Gasteiger partial charge >= 0.3 is 0 Å². The molecule has 1 unspecified atom stereocenters. The second kappa shape index (κ2) is 2.78. The van der Waals surface area contributed by atoms with Crippen molar-refractivity contribution in [2.75, 3.05) is 0 Å². The molecule has 6 heteroatoms. The predicted octanol–water partition coefficient (Wildman–Crippen LogP) is 0.518. The Morgan fingerprint density at radius 1 is 1.36 bits per heavy atom. The van der Waals surface area contributed by atoms with E-state index in [1.807, 2.05) is 6.20 Å². The summed E-state index contributed by atoms with van der Waals surface area (Å²) in [5.74, 6) is 0. The van der Waals surface area contributed by atoms with Crippen LogP contribution in [0.5, 0.6) is 0 Å². The van der Waals surface area contributed by atoms with E-state index in [2.05, 4.69) is 38.0 Å². The van der Waals surface area contributed by atoms with Crippen molar-refractivity contribution in [3.8, 4) is 0 Å². The van der Waals surface area contributed by atoms with E-state index in [4.69, 9.17) is 0 Å². The van der Waals surface area contributed by atoms with Crippen LogP contribution in [0.2, 0.25) is 0 Å². The normalized spacial score (nSPS) is 18.8. The quantitative estimate of drug-likeness (QED) is 0.615. The molecular weight excluding hydrogens is 198 g/mol. The zero-order chi connectivity index (χ0) is 9.54. The van der Waals surface area contributed by atoms with E-state index >= 15 is 0 Å². The summed E-state index contributed by atoms with van der Waals surface area (Å²) in [5, 5.41) is 10.7. The van der Waals surface area contributed by atoms with Crippen molar-refractivity contribution in [2.45, 2.75) is 11.7 Å². The van der Waals surface area contributed by atoms with Crippen LogP contribution in [0.15, 0.2) is 12.5 Å². The molecule has 0 radical (unpaired) electrons. The minimum Gasteiger partial charge on any atom is -0.245 e. The average molecular weight is 205 g/mol. The van der Waals surface area contributed by atoms with Gasteiger partial charge in [0.2, 0.25) is 0 Å². The molecule has 14 heavy (non-hydrogen) atoms. The van der Waals surface area contributed by atoms with Crippen molar-refractivity contribution in [1.82, 2.24) is 25.4 Å². The van der Waals surface area contributed by atoms with Crippen LogP contribution in [-0.4, -0.2) is 25.4 Å². The Balaban J connectivity index is 2.20. The van der Waals surface area contributed by atoms with Gasteiger partial charge in [-0.1, -0.05) is 0 Å². The van der Waals surface area contributed by atoms with E-state index in [-0.39, 0.29) is 5.25 Å². The van der Waals surface area contributed by atoms with Crippen LogP contribution in [0.25, 0.3) is 0 Å². The lowest BCUT2D eigenvalue weighted by Gasteiger charge is -2.17. The Morgan fingerprint density at radius 2 is 2.29 bits per heavy atom. The molecule has 0 saturated carbocycles. The Bertz CT molecular complexity index is 480. The topological polar surface area (TPSA) is 67.3 Å². The molecule has 0 spiro atoms. The molecule has 0 fully saturated rings. The van der Waals surface area contributed by atoms with E-state index < -0.39 is 0 Å². The number of thiol groups is 1. The third-order valence-corrected chi connectivity index (χ3v) is 2.84. The summed E-state index contributed by atoms with van der Waals surface area (Å²) in [6.45, 7) is 0. The minimum atomic E-state index is -0.0875. The lowest BCUT2D eigenvalue weighted by molar-refractivity contribution is 0.871. The summed E-state index contributed by atoms with van der Waals surface area (Å²) in [5.41, 5.74) is 3.82. The number of H-pyrrole nitrogens is 1. The van der Waals surface area contributed by atoms with Gasteiger partial charge in [0.15, 0.2) is 0 Å². The fourth-order valence-corrected chi connectivity index (χ4v) is 2.11. The molecule has 3 rings (SSSR count). The summed E-state index contributed by atoms with van der Waals surface area (Å²) in [7, 11) is 0. The summed E-state index contributed by atoms with van der Waals surface area (Å²) in [4.78, 5) is 8.20. The van der Waals surface area contributed by atoms with Crippen LogP contribution < -0.4 is 0 Å². The number of hydrogen-bond donors (Lipinski definition) is 2. The van der Waals surface area contributed by atoms with Crippen molar-refractivity contribution in [2.24, 2.45) is 0 Å². The smallest absolute Gasteiger partial charge is 0.115 e. The predicted molar refractivity (Wildman–Crippen MR) is 52.0 cm³/mol. The molecule has 0 amide bonds. The Hall–Kier alpha value is -1.43. The van der Waals surface area contributed by atoms with Crippen LogP contribution in [0, 0.1) is 0 Å². The lowest BCUT2D eigenvalue weighted by atomic mass is 9.98. The van der Waals surface area contributed by atoms with Gasteiger partial charge in [-0.25, -0.2) is 9.97 Å². The maximum absolute atomic E-state index is 4.47. The number of rotatable bonds is 0. The highest BCUT2D eigenvalue weighted by Gasteiger charge is 2.27. The fourth-order valence-electron chi connectivity index (χ4n) is 1.67. The second-order valence-electron chi connectivity index (χ2n) is 3.17. The van der Waals surface area contributed by atoms with E-state index in [1.54, 1.807) is 0 Å². The number of hydrogen-bond acceptors (Lipinski definition) is 5. The van der Waals surface area contributed by atoms with E-state index in [0.29, 0.717) is 0 Å². The lowest BCUT2D eigenvalue weighted by Crippen LogP contribution is -2.12. The number of aromatic amines is 1. The van der Waals surface area contributed by atoms with Gasteiger partial charge in [0.25, 0.3) is 0 Å². The highest BCUT2D eigenvalue weighted by atomic mass is 32.1. The molecule has 0 saturated heterocycles. The first-order valence-corrected chi connectivity index (χ1v) is 4.74. The number of fused-ring (bicyclic) bond motifs is 2. The molecule has 1 N–H and O–H groups in total. The van der Waals surface area contributed by atoms with Gasteiger partial charge in [-0.2, -0.15) is 28.0 Å². The van der Waals surface area contributed by atoms with Crippen molar-refractivity contribution in [1.29, 1.82) is 0 Å². The number of nitrogens with one attached hydrogen (secondary N) is 1. The molecule has 1 atom stereocenters. The number of aromatic nitrogens is 5. The van der Waals surface area contributed by atoms with Crippen LogP contribution in [0.1, 0.15) is 27.9 Å². The molecule has 2 aromatic rings. The maximum Gasteiger partial charge on any atom is 0.115 e. The molecule has 0 aromatic carbocycles. The van der Waals surface area contributed by atoms with Gasteiger partial charge in [0, 0.05) is 12.6 Å². The summed E-state index contributed by atoms with van der Waals surface area (Å²) in [6.07, 6.45) is 4.08. The van der Waals surface area contributed by atoms with Gasteiger partial charge in [-0.05, 0) is 5.56 Å². The fraction of sp³-hybridized carbons (Fsp3) is 0.250. The van der Waals surface area contributed by atoms with E-state index in [1.165, 1.54) is 6.33 Å². The monoisotopic (exact) mass is 205 g/mol. The second-order valence-corrected chi connectivity index (χ2v) is 3.68. The first-order valence-electron chi connectivity index (χ1n) is 4.22.